The number of carbonyl (C=O) groups excluding carboxylic acids is 1. The number of para-hydroxylation sites is 1. The van der Waals surface area contributed by atoms with Crippen LogP contribution < -0.4 is 0 Å². The van der Waals surface area contributed by atoms with Crippen LogP contribution in [0.3, 0.4) is 0 Å². The molecule has 0 aliphatic carbocycles. The molecular formula is C11H8N2O4. The van der Waals surface area contributed by atoms with E-state index in [0.29, 0.717) is 11.3 Å². The fraction of sp³-hybridized carbons (Fsp3) is 0.0909. The number of nitrogens with zero attached hydrogens (tertiary/aromatic N) is 2. The first kappa shape index (κ1) is 11.0. The van der Waals surface area contributed by atoms with Gasteiger partial charge in [-0.15, -0.1) is 0 Å². The first-order valence-electron chi connectivity index (χ1n) is 4.81. The van der Waals surface area contributed by atoms with Crippen LogP contribution in [0.4, 0.5) is 5.69 Å². The maximum Gasteiger partial charge on any atom is 0.367 e. The van der Waals surface area contributed by atoms with Crippen LogP contribution >= 0.6 is 0 Å². The predicted molar refractivity (Wildman–Crippen MR) is 60.3 cm³/mol. The summed E-state index contributed by atoms with van der Waals surface area (Å²) in [5.74, 6) is -0.597. The first-order chi connectivity index (χ1) is 8.09. The number of nitro groups is 1. The van der Waals surface area contributed by atoms with Crippen LogP contribution in [0, 0.1) is 10.1 Å². The summed E-state index contributed by atoms with van der Waals surface area (Å²) in [5, 5.41) is 14.3. The molecular weight excluding hydrogens is 224 g/mol. The lowest BCUT2D eigenvalue weighted by Gasteiger charge is -1.97. The average Bonchev–Trinajstić information content (AvgIpc) is 2.61. The van der Waals surface area contributed by atoms with Gasteiger partial charge in [0.2, 0.25) is 0 Å². The number of hydrogen-bond donors (Lipinski definition) is 0. The Balaban J connectivity index is 2.49. The van der Waals surface area contributed by atoms with Crippen molar-refractivity contribution in [2.45, 2.75) is 6.92 Å². The van der Waals surface area contributed by atoms with Gasteiger partial charge in [-0.2, -0.15) is 0 Å². The van der Waals surface area contributed by atoms with Crippen LogP contribution in [-0.4, -0.2) is 16.6 Å². The summed E-state index contributed by atoms with van der Waals surface area (Å²) >= 11 is 0. The first-order valence-corrected chi connectivity index (χ1v) is 4.81. The Hall–Kier alpha value is -2.50. The third-order valence-electron chi connectivity index (χ3n) is 2.31. The standard InChI is InChI=1S/C11H8N2O4/c1-7-9(11(14)17-12-7)6-8-4-2-3-5-10(8)13(15)16/h2-6H,1H3/b9-6+. The van der Waals surface area contributed by atoms with E-state index in [0.717, 1.165) is 0 Å². The van der Waals surface area contributed by atoms with Crippen molar-refractivity contribution in [1.82, 2.24) is 0 Å². The number of carbonyl (C=O) groups is 1. The molecule has 0 fully saturated rings. The second-order valence-corrected chi connectivity index (χ2v) is 3.43. The van der Waals surface area contributed by atoms with E-state index in [1.807, 2.05) is 0 Å². The number of rotatable bonds is 2. The molecule has 0 unspecified atom stereocenters. The van der Waals surface area contributed by atoms with Crippen LogP contribution in [0.1, 0.15) is 12.5 Å². The molecule has 0 radical (unpaired) electrons. The SMILES string of the molecule is CC1=NOC(=O)/C1=C/c1ccccc1[N+](=O)[O-]. The lowest BCUT2D eigenvalue weighted by Crippen LogP contribution is -2.02. The summed E-state index contributed by atoms with van der Waals surface area (Å²) in [6.45, 7) is 1.60. The van der Waals surface area contributed by atoms with Crippen LogP contribution in [0.5, 0.6) is 0 Å². The van der Waals surface area contributed by atoms with Gasteiger partial charge in [0.15, 0.2) is 0 Å². The number of nitro benzene ring substituents is 1. The van der Waals surface area contributed by atoms with Crippen molar-refractivity contribution in [3.63, 3.8) is 0 Å². The zero-order valence-electron chi connectivity index (χ0n) is 8.91. The molecule has 6 nitrogen and oxygen atoms in total. The van der Waals surface area contributed by atoms with Gasteiger partial charge in [-0.25, -0.2) is 4.79 Å². The molecule has 1 aliphatic rings. The van der Waals surface area contributed by atoms with Crippen LogP contribution in [0.15, 0.2) is 35.0 Å². The van der Waals surface area contributed by atoms with Crippen LogP contribution in [0.2, 0.25) is 0 Å². The minimum atomic E-state index is -0.597. The van der Waals surface area contributed by atoms with Crippen molar-refractivity contribution in [1.29, 1.82) is 0 Å². The van der Waals surface area contributed by atoms with Gasteiger partial charge in [0.25, 0.3) is 5.69 Å². The molecule has 86 valence electrons. The molecule has 1 aromatic carbocycles. The Kier molecular flexibility index (Phi) is 2.70. The fourth-order valence-electron chi connectivity index (χ4n) is 1.45. The maximum absolute atomic E-state index is 11.3. The molecule has 0 N–H and O–H groups in total. The Morgan fingerprint density at radius 1 is 1.41 bits per heavy atom. The topological polar surface area (TPSA) is 81.8 Å². The van der Waals surface area contributed by atoms with E-state index in [2.05, 4.69) is 9.99 Å². The van der Waals surface area contributed by atoms with E-state index in [1.165, 1.54) is 12.1 Å². The van der Waals surface area contributed by atoms with Gasteiger partial charge in [0.1, 0.15) is 0 Å². The summed E-state index contributed by atoms with van der Waals surface area (Å²) in [7, 11) is 0. The van der Waals surface area contributed by atoms with Gasteiger partial charge in [-0.05, 0) is 19.1 Å². The molecule has 0 saturated heterocycles. The second-order valence-electron chi connectivity index (χ2n) is 3.43. The Bertz CT molecular complexity index is 560. The zero-order chi connectivity index (χ0) is 12.4. The fourth-order valence-corrected chi connectivity index (χ4v) is 1.45. The summed E-state index contributed by atoms with van der Waals surface area (Å²) < 4.78 is 0. The highest BCUT2D eigenvalue weighted by Gasteiger charge is 2.23. The Morgan fingerprint density at radius 3 is 2.71 bits per heavy atom. The monoisotopic (exact) mass is 232 g/mol. The van der Waals surface area contributed by atoms with E-state index >= 15 is 0 Å². The molecule has 17 heavy (non-hydrogen) atoms. The molecule has 0 saturated carbocycles. The molecule has 0 amide bonds. The van der Waals surface area contributed by atoms with Gasteiger partial charge in [-0.3, -0.25) is 10.1 Å². The quantitative estimate of drug-likeness (QED) is 0.337. The summed E-state index contributed by atoms with van der Waals surface area (Å²) in [6.07, 6.45) is 1.41. The van der Waals surface area contributed by atoms with Gasteiger partial charge in [0.05, 0.1) is 21.8 Å². The lowest BCUT2D eigenvalue weighted by molar-refractivity contribution is -0.385. The molecule has 0 atom stereocenters. The minimum absolute atomic E-state index is 0.0625. The Labute approximate surface area is 96.3 Å². The van der Waals surface area contributed by atoms with Gasteiger partial charge in [-0.1, -0.05) is 17.3 Å². The van der Waals surface area contributed by atoms with Crippen LogP contribution in [0.25, 0.3) is 6.08 Å². The maximum atomic E-state index is 11.3. The molecule has 1 aliphatic heterocycles. The molecule has 6 heteroatoms. The predicted octanol–water partition coefficient (Wildman–Crippen LogP) is 1.91. The summed E-state index contributed by atoms with van der Waals surface area (Å²) in [6, 6.07) is 6.16. The van der Waals surface area contributed by atoms with Crippen molar-refractivity contribution >= 4 is 23.4 Å². The zero-order valence-corrected chi connectivity index (χ0v) is 8.91. The van der Waals surface area contributed by atoms with E-state index in [1.54, 1.807) is 25.1 Å². The van der Waals surface area contributed by atoms with E-state index in [9.17, 15) is 14.9 Å². The molecule has 0 bridgehead atoms. The van der Waals surface area contributed by atoms with Crippen molar-refractivity contribution < 1.29 is 14.6 Å². The molecule has 0 spiro atoms. The van der Waals surface area contributed by atoms with Crippen LogP contribution in [-0.2, 0) is 9.63 Å². The number of oxime groups is 1. The molecule has 2 rings (SSSR count). The molecule has 1 heterocycles. The highest BCUT2D eigenvalue weighted by atomic mass is 16.7. The normalized spacial score (nSPS) is 16.9. The van der Waals surface area contributed by atoms with Crippen molar-refractivity contribution in [3.05, 3.63) is 45.5 Å². The summed E-state index contributed by atoms with van der Waals surface area (Å²) in [5.41, 5.74) is 0.931. The van der Waals surface area contributed by atoms with Crippen molar-refractivity contribution in [2.75, 3.05) is 0 Å². The number of hydrogen-bond acceptors (Lipinski definition) is 5. The molecule has 0 aromatic heterocycles. The minimum Gasteiger partial charge on any atom is -0.312 e. The lowest BCUT2D eigenvalue weighted by atomic mass is 10.1. The smallest absolute Gasteiger partial charge is 0.312 e. The molecule has 1 aromatic rings. The number of benzene rings is 1. The Morgan fingerprint density at radius 2 is 2.12 bits per heavy atom. The van der Waals surface area contributed by atoms with Gasteiger partial charge < -0.3 is 4.84 Å². The van der Waals surface area contributed by atoms with Gasteiger partial charge >= 0.3 is 5.97 Å². The van der Waals surface area contributed by atoms with E-state index in [-0.39, 0.29) is 11.3 Å². The van der Waals surface area contributed by atoms with Crippen molar-refractivity contribution in [2.24, 2.45) is 5.16 Å². The highest BCUT2D eigenvalue weighted by molar-refractivity contribution is 6.24. The summed E-state index contributed by atoms with van der Waals surface area (Å²) in [4.78, 5) is 26.0. The highest BCUT2D eigenvalue weighted by Crippen LogP contribution is 2.23. The third kappa shape index (κ3) is 2.05. The van der Waals surface area contributed by atoms with Gasteiger partial charge in [0, 0.05) is 6.07 Å². The van der Waals surface area contributed by atoms with E-state index < -0.39 is 10.9 Å². The second kappa shape index (κ2) is 4.17. The largest absolute Gasteiger partial charge is 0.367 e. The third-order valence-corrected chi connectivity index (χ3v) is 2.31. The van der Waals surface area contributed by atoms with E-state index in [4.69, 9.17) is 0 Å². The van der Waals surface area contributed by atoms with Crippen molar-refractivity contribution in [3.8, 4) is 0 Å². The average molecular weight is 232 g/mol.